The molecule has 1 amide bonds. The van der Waals surface area contributed by atoms with Gasteiger partial charge in [-0.15, -0.1) is 0 Å². The lowest BCUT2D eigenvalue weighted by Crippen LogP contribution is -2.14. The zero-order valence-corrected chi connectivity index (χ0v) is 14.4. The molecular formula is C20H17N5O. The molecule has 26 heavy (non-hydrogen) atoms. The van der Waals surface area contributed by atoms with Gasteiger partial charge in [0.25, 0.3) is 5.91 Å². The maximum absolute atomic E-state index is 12.3. The highest BCUT2D eigenvalue weighted by Gasteiger charge is 2.09. The summed E-state index contributed by atoms with van der Waals surface area (Å²) in [6.45, 7) is 3.96. The molecule has 0 saturated heterocycles. The van der Waals surface area contributed by atoms with Gasteiger partial charge in [-0.1, -0.05) is 6.07 Å². The Kier molecular flexibility index (Phi) is 4.90. The van der Waals surface area contributed by atoms with Crippen LogP contribution in [0.15, 0.2) is 54.9 Å². The molecular weight excluding hydrogens is 326 g/mol. The number of nitrogens with zero attached hydrogens (tertiary/aromatic N) is 3. The van der Waals surface area contributed by atoms with Crippen molar-refractivity contribution in [2.75, 3.05) is 10.6 Å². The average Bonchev–Trinajstić information content (AvgIpc) is 2.62. The normalized spacial score (nSPS) is 10.0. The minimum absolute atomic E-state index is 0.231. The van der Waals surface area contributed by atoms with Crippen LogP contribution in [0, 0.1) is 25.2 Å². The van der Waals surface area contributed by atoms with Crippen LogP contribution in [0.3, 0.4) is 0 Å². The lowest BCUT2D eigenvalue weighted by atomic mass is 10.1. The molecule has 6 nitrogen and oxygen atoms in total. The highest BCUT2D eigenvalue weighted by Crippen LogP contribution is 2.16. The van der Waals surface area contributed by atoms with Crippen LogP contribution < -0.4 is 10.6 Å². The van der Waals surface area contributed by atoms with E-state index in [0.717, 1.165) is 22.5 Å². The van der Waals surface area contributed by atoms with Crippen LogP contribution in [-0.2, 0) is 0 Å². The second-order valence-corrected chi connectivity index (χ2v) is 5.93. The molecule has 1 heterocycles. The molecule has 2 N–H and O–H groups in total. The number of carbonyl (C=O) groups excluding carboxylic acids is 1. The van der Waals surface area contributed by atoms with Crippen LogP contribution in [0.2, 0.25) is 0 Å². The zero-order chi connectivity index (χ0) is 18.5. The number of nitrogens with one attached hydrogen (secondary N) is 2. The zero-order valence-electron chi connectivity index (χ0n) is 14.4. The predicted octanol–water partition coefficient (Wildman–Crippen LogP) is 3.96. The first kappa shape index (κ1) is 17.1. The number of anilines is 3. The molecule has 0 saturated carbocycles. The molecule has 0 radical (unpaired) electrons. The summed E-state index contributed by atoms with van der Waals surface area (Å²) in [7, 11) is 0. The highest BCUT2D eigenvalue weighted by molar-refractivity contribution is 6.02. The van der Waals surface area contributed by atoms with E-state index in [-0.39, 0.29) is 11.6 Å². The summed E-state index contributed by atoms with van der Waals surface area (Å²) in [6.07, 6.45) is 2.92. The molecule has 3 aromatic rings. The predicted molar refractivity (Wildman–Crippen MR) is 100 cm³/mol. The molecule has 0 aliphatic carbocycles. The number of rotatable bonds is 4. The maximum atomic E-state index is 12.3. The summed E-state index contributed by atoms with van der Waals surface area (Å²) < 4.78 is 0. The molecule has 2 aromatic carbocycles. The van der Waals surface area contributed by atoms with Gasteiger partial charge in [-0.3, -0.25) is 4.79 Å². The Morgan fingerprint density at radius 2 is 1.65 bits per heavy atom. The van der Waals surface area contributed by atoms with Gasteiger partial charge in [-0.25, -0.2) is 9.97 Å². The Morgan fingerprint density at radius 1 is 0.962 bits per heavy atom. The van der Waals surface area contributed by atoms with E-state index >= 15 is 0 Å². The number of hydrogen-bond acceptors (Lipinski definition) is 5. The molecule has 0 fully saturated rings. The molecule has 3 rings (SSSR count). The van der Waals surface area contributed by atoms with E-state index in [9.17, 15) is 4.79 Å². The molecule has 128 valence electrons. The number of benzene rings is 2. The summed E-state index contributed by atoms with van der Waals surface area (Å²) in [5.74, 6) is 0.199. The lowest BCUT2D eigenvalue weighted by Gasteiger charge is -2.08. The standard InChI is InChI=1S/C20H17N5O/c1-13-7-14(2)9-17(8-13)25-20(26)18-11-23-19(12-22-18)24-16-5-3-15(10-21)4-6-16/h3-9,11-12H,1-2H3,(H,23,24)(H,25,26). The number of aromatic nitrogens is 2. The average molecular weight is 343 g/mol. The Bertz CT molecular complexity index is 952. The molecule has 0 bridgehead atoms. The van der Waals surface area contributed by atoms with Crippen LogP contribution >= 0.6 is 0 Å². The summed E-state index contributed by atoms with van der Waals surface area (Å²) >= 11 is 0. The summed E-state index contributed by atoms with van der Waals surface area (Å²) in [5.41, 5.74) is 4.48. The smallest absolute Gasteiger partial charge is 0.275 e. The van der Waals surface area contributed by atoms with Gasteiger partial charge < -0.3 is 10.6 Å². The lowest BCUT2D eigenvalue weighted by molar-refractivity contribution is 0.102. The quantitative estimate of drug-likeness (QED) is 0.748. The fourth-order valence-corrected chi connectivity index (χ4v) is 2.53. The van der Waals surface area contributed by atoms with Crippen molar-refractivity contribution in [3.8, 4) is 6.07 Å². The summed E-state index contributed by atoms with van der Waals surface area (Å²) in [5, 5.41) is 14.7. The third-order valence-electron chi connectivity index (χ3n) is 3.65. The fourth-order valence-electron chi connectivity index (χ4n) is 2.53. The monoisotopic (exact) mass is 343 g/mol. The van der Waals surface area contributed by atoms with Gasteiger partial charge in [0, 0.05) is 11.4 Å². The number of nitriles is 1. The van der Waals surface area contributed by atoms with Gasteiger partial charge in [-0.05, 0) is 61.4 Å². The number of aryl methyl sites for hydroxylation is 2. The Balaban J connectivity index is 1.68. The van der Waals surface area contributed by atoms with Gasteiger partial charge >= 0.3 is 0 Å². The first-order valence-corrected chi connectivity index (χ1v) is 8.02. The molecule has 1 aromatic heterocycles. The Morgan fingerprint density at radius 3 is 2.23 bits per heavy atom. The van der Waals surface area contributed by atoms with Crippen molar-refractivity contribution in [2.24, 2.45) is 0 Å². The minimum Gasteiger partial charge on any atom is -0.339 e. The second-order valence-electron chi connectivity index (χ2n) is 5.93. The molecule has 6 heteroatoms. The van der Waals surface area contributed by atoms with Crippen molar-refractivity contribution >= 4 is 23.1 Å². The van der Waals surface area contributed by atoms with Crippen LogP contribution in [0.25, 0.3) is 0 Å². The van der Waals surface area contributed by atoms with Crippen LogP contribution in [0.4, 0.5) is 17.2 Å². The van der Waals surface area contributed by atoms with Crippen molar-refractivity contribution in [1.82, 2.24) is 9.97 Å². The number of hydrogen-bond donors (Lipinski definition) is 2. The van der Waals surface area contributed by atoms with Gasteiger partial charge in [0.05, 0.1) is 24.0 Å². The minimum atomic E-state index is -0.313. The summed E-state index contributed by atoms with van der Waals surface area (Å²) in [6, 6.07) is 14.9. The molecule has 0 aliphatic heterocycles. The van der Waals surface area contributed by atoms with E-state index in [0.29, 0.717) is 11.4 Å². The first-order valence-electron chi connectivity index (χ1n) is 8.02. The van der Waals surface area contributed by atoms with Crippen molar-refractivity contribution in [3.05, 3.63) is 77.2 Å². The Labute approximate surface area is 151 Å². The van der Waals surface area contributed by atoms with Crippen molar-refractivity contribution in [1.29, 1.82) is 5.26 Å². The van der Waals surface area contributed by atoms with Crippen LogP contribution in [0.1, 0.15) is 27.2 Å². The van der Waals surface area contributed by atoms with Crippen molar-refractivity contribution < 1.29 is 4.79 Å². The summed E-state index contributed by atoms with van der Waals surface area (Å²) in [4.78, 5) is 20.7. The van der Waals surface area contributed by atoms with E-state index < -0.39 is 0 Å². The highest BCUT2D eigenvalue weighted by atomic mass is 16.1. The maximum Gasteiger partial charge on any atom is 0.275 e. The fraction of sp³-hybridized carbons (Fsp3) is 0.100. The molecule has 0 aliphatic rings. The van der Waals surface area contributed by atoms with E-state index in [2.05, 4.69) is 26.7 Å². The van der Waals surface area contributed by atoms with Gasteiger partial charge in [0.15, 0.2) is 0 Å². The van der Waals surface area contributed by atoms with E-state index in [1.54, 1.807) is 24.3 Å². The second kappa shape index (κ2) is 7.45. The Hall–Kier alpha value is -3.72. The van der Waals surface area contributed by atoms with Gasteiger partial charge in [-0.2, -0.15) is 5.26 Å². The van der Waals surface area contributed by atoms with E-state index in [4.69, 9.17) is 5.26 Å². The van der Waals surface area contributed by atoms with E-state index in [1.807, 2.05) is 32.0 Å². The van der Waals surface area contributed by atoms with Crippen molar-refractivity contribution in [3.63, 3.8) is 0 Å². The third kappa shape index (κ3) is 4.22. The van der Waals surface area contributed by atoms with Gasteiger partial charge in [0.2, 0.25) is 0 Å². The third-order valence-corrected chi connectivity index (χ3v) is 3.65. The molecule has 0 atom stereocenters. The van der Waals surface area contributed by atoms with Gasteiger partial charge in [0.1, 0.15) is 11.5 Å². The number of carbonyl (C=O) groups is 1. The van der Waals surface area contributed by atoms with E-state index in [1.165, 1.54) is 12.4 Å². The number of amides is 1. The molecule has 0 spiro atoms. The topological polar surface area (TPSA) is 90.7 Å². The van der Waals surface area contributed by atoms with Crippen LogP contribution in [-0.4, -0.2) is 15.9 Å². The SMILES string of the molecule is Cc1cc(C)cc(NC(=O)c2cnc(Nc3ccc(C#N)cc3)cn2)c1. The van der Waals surface area contributed by atoms with Crippen LogP contribution in [0.5, 0.6) is 0 Å². The first-order chi connectivity index (χ1) is 12.5. The largest absolute Gasteiger partial charge is 0.339 e. The van der Waals surface area contributed by atoms with Crippen molar-refractivity contribution in [2.45, 2.75) is 13.8 Å². The molecule has 0 unspecified atom stereocenters.